The van der Waals surface area contributed by atoms with Crippen LogP contribution in [0.1, 0.15) is 75.9 Å². The van der Waals surface area contributed by atoms with E-state index in [0.717, 1.165) is 11.8 Å². The molecule has 2 unspecified atom stereocenters. The lowest BCUT2D eigenvalue weighted by molar-refractivity contribution is -0.183. The van der Waals surface area contributed by atoms with Gasteiger partial charge in [-0.25, -0.2) is 13.1 Å². The first kappa shape index (κ1) is 30.3. The summed E-state index contributed by atoms with van der Waals surface area (Å²) in [7, 11) is -3.36. The van der Waals surface area contributed by atoms with Gasteiger partial charge in [-0.3, -0.25) is 19.2 Å². The van der Waals surface area contributed by atoms with E-state index in [0.29, 0.717) is 29.6 Å². The first-order valence-electron chi connectivity index (χ1n) is 13.7. The number of aryl methyl sites for hydroxylation is 1. The molecule has 0 bridgehead atoms. The smallest absolute Gasteiger partial charge is 0.208 e. The van der Waals surface area contributed by atoms with Crippen LogP contribution in [0.4, 0.5) is 0 Å². The minimum atomic E-state index is -3.36. The molecule has 1 saturated carbocycles. The van der Waals surface area contributed by atoms with Gasteiger partial charge < -0.3 is 10.2 Å². The largest absolute Gasteiger partial charge is 0.507 e. The summed E-state index contributed by atoms with van der Waals surface area (Å²) in [4.78, 5) is 54.8. The van der Waals surface area contributed by atoms with Crippen molar-refractivity contribution >= 4 is 33.2 Å². The highest BCUT2D eigenvalue weighted by Crippen LogP contribution is 2.64. The molecular formula is C30H39NO8S. The lowest BCUT2D eigenvalue weighted by Crippen LogP contribution is -2.73. The Labute approximate surface area is 235 Å². The van der Waals surface area contributed by atoms with Gasteiger partial charge in [-0.1, -0.05) is 44.9 Å². The van der Waals surface area contributed by atoms with E-state index in [-0.39, 0.29) is 36.6 Å². The maximum Gasteiger partial charge on any atom is 0.208 e. The normalized spacial score (nSPS) is 32.2. The Morgan fingerprint density at radius 3 is 2.33 bits per heavy atom. The van der Waals surface area contributed by atoms with Gasteiger partial charge >= 0.3 is 0 Å². The van der Waals surface area contributed by atoms with Crippen LogP contribution >= 0.6 is 0 Å². The van der Waals surface area contributed by atoms with E-state index in [4.69, 9.17) is 0 Å². The average Bonchev–Trinajstić information content (AvgIpc) is 2.79. The monoisotopic (exact) mass is 573 g/mol. The molecule has 3 N–H and O–H groups in total. The average molecular weight is 574 g/mol. The van der Waals surface area contributed by atoms with Crippen molar-refractivity contribution in [2.24, 2.45) is 28.6 Å². The molecule has 3 aliphatic carbocycles. The Morgan fingerprint density at radius 1 is 1.15 bits per heavy atom. The summed E-state index contributed by atoms with van der Waals surface area (Å²) in [6.45, 7) is 10.5. The van der Waals surface area contributed by atoms with Crippen LogP contribution in [0.25, 0.3) is 0 Å². The fraction of sp³-hybridized carbons (Fsp3) is 0.600. The fourth-order valence-electron chi connectivity index (χ4n) is 8.17. The molecule has 0 aromatic heterocycles. The molecule has 3 aliphatic rings. The van der Waals surface area contributed by atoms with Gasteiger partial charge in [0.25, 0.3) is 0 Å². The molecule has 0 aliphatic heterocycles. The van der Waals surface area contributed by atoms with Gasteiger partial charge in [0.15, 0.2) is 23.0 Å². The Kier molecular flexibility index (Phi) is 7.34. The molecule has 0 spiro atoms. The lowest BCUT2D eigenvalue weighted by Gasteiger charge is -2.60. The van der Waals surface area contributed by atoms with Gasteiger partial charge in [0, 0.05) is 12.0 Å². The van der Waals surface area contributed by atoms with Crippen LogP contribution in [0.15, 0.2) is 23.3 Å². The number of nitrogens with one attached hydrogen (secondary N) is 1. The number of phenols is 1. The van der Waals surface area contributed by atoms with Gasteiger partial charge in [-0.2, -0.15) is 0 Å². The molecule has 0 radical (unpaired) electrons. The number of phenolic OH excluding ortho intramolecular Hbond substituents is 1. The second kappa shape index (κ2) is 9.70. The number of fused-ring (bicyclic) bond motifs is 3. The van der Waals surface area contributed by atoms with Gasteiger partial charge in [0.2, 0.25) is 10.0 Å². The molecule has 5 atom stereocenters. The van der Waals surface area contributed by atoms with Crippen LogP contribution < -0.4 is 4.72 Å². The summed E-state index contributed by atoms with van der Waals surface area (Å²) >= 11 is 0. The zero-order valence-electron chi connectivity index (χ0n) is 24.2. The molecule has 1 fully saturated rings. The van der Waals surface area contributed by atoms with E-state index in [9.17, 15) is 37.8 Å². The molecule has 10 heteroatoms. The molecule has 9 nitrogen and oxygen atoms in total. The molecule has 0 saturated heterocycles. The van der Waals surface area contributed by atoms with Crippen molar-refractivity contribution in [3.05, 3.63) is 40.0 Å². The van der Waals surface area contributed by atoms with Crippen LogP contribution in [0.3, 0.4) is 0 Å². The van der Waals surface area contributed by atoms with E-state index in [1.807, 2.05) is 20.8 Å². The van der Waals surface area contributed by atoms with E-state index >= 15 is 0 Å². The van der Waals surface area contributed by atoms with Crippen molar-refractivity contribution in [3.8, 4) is 5.75 Å². The van der Waals surface area contributed by atoms with Crippen LogP contribution in [0.2, 0.25) is 0 Å². The SMILES string of the molecule is CC(=O)C1C(=O)[C@@]2(O)C(=O)C3C(=O)c4c(O)ccc(CCCNS(C)(=O)=O)c4C[C@@]3(C)C[C@@]2(C)C(C(C)C)=C1C. The number of ketones is 4. The maximum atomic E-state index is 14.3. The lowest BCUT2D eigenvalue weighted by atomic mass is 9.41. The zero-order chi connectivity index (χ0) is 30.2. The van der Waals surface area contributed by atoms with Crippen LogP contribution in [0.5, 0.6) is 5.75 Å². The highest BCUT2D eigenvalue weighted by atomic mass is 32.2. The quantitative estimate of drug-likeness (QED) is 0.256. The number of aliphatic hydroxyl groups is 1. The number of sulfonamides is 1. The van der Waals surface area contributed by atoms with Crippen molar-refractivity contribution in [3.63, 3.8) is 0 Å². The van der Waals surface area contributed by atoms with Gasteiger partial charge in [0.05, 0.1) is 17.7 Å². The minimum absolute atomic E-state index is 0.00113. The number of aromatic hydroxyl groups is 1. The van der Waals surface area contributed by atoms with E-state index in [2.05, 4.69) is 4.72 Å². The summed E-state index contributed by atoms with van der Waals surface area (Å²) in [5.41, 5.74) is -2.30. The molecule has 4 rings (SSSR count). The minimum Gasteiger partial charge on any atom is -0.507 e. The zero-order valence-corrected chi connectivity index (χ0v) is 25.0. The van der Waals surface area contributed by atoms with E-state index < -0.39 is 61.4 Å². The van der Waals surface area contributed by atoms with E-state index in [1.54, 1.807) is 19.9 Å². The maximum absolute atomic E-state index is 14.3. The molecular weight excluding hydrogens is 534 g/mol. The predicted molar refractivity (Wildman–Crippen MR) is 148 cm³/mol. The van der Waals surface area contributed by atoms with Crippen molar-refractivity contribution in [2.45, 2.75) is 72.8 Å². The second-order valence-electron chi connectivity index (χ2n) is 12.7. The number of hydrogen-bond acceptors (Lipinski definition) is 8. The highest BCUT2D eigenvalue weighted by Gasteiger charge is 2.73. The number of benzene rings is 1. The summed E-state index contributed by atoms with van der Waals surface area (Å²) in [6.07, 6.45) is 2.35. The summed E-state index contributed by atoms with van der Waals surface area (Å²) in [5, 5.41) is 22.9. The number of Topliss-reactive ketones (excluding diaryl/α,β-unsaturated/α-hetero) is 4. The fourth-order valence-corrected chi connectivity index (χ4v) is 8.69. The third kappa shape index (κ3) is 4.30. The number of rotatable bonds is 7. The molecule has 218 valence electrons. The first-order chi connectivity index (χ1) is 18.3. The topological polar surface area (TPSA) is 155 Å². The second-order valence-corrected chi connectivity index (χ2v) is 14.6. The third-order valence-corrected chi connectivity index (χ3v) is 10.1. The van der Waals surface area contributed by atoms with E-state index in [1.165, 1.54) is 13.0 Å². The Bertz CT molecular complexity index is 1470. The predicted octanol–water partition coefficient (Wildman–Crippen LogP) is 2.71. The Morgan fingerprint density at radius 2 is 1.77 bits per heavy atom. The summed E-state index contributed by atoms with van der Waals surface area (Å²) in [6, 6.07) is 3.09. The summed E-state index contributed by atoms with van der Waals surface area (Å²) in [5.74, 6) is -6.04. The van der Waals surface area contributed by atoms with Crippen molar-refractivity contribution < 1.29 is 37.8 Å². The Balaban J connectivity index is 1.86. The van der Waals surface area contributed by atoms with Gasteiger partial charge in [-0.15, -0.1) is 0 Å². The molecule has 0 amide bonds. The number of carbonyl (C=O) groups excluding carboxylic acids is 4. The van der Waals surface area contributed by atoms with Crippen LogP contribution in [0, 0.1) is 28.6 Å². The van der Waals surface area contributed by atoms with Crippen LogP contribution in [-0.2, 0) is 37.2 Å². The summed E-state index contributed by atoms with van der Waals surface area (Å²) < 4.78 is 25.4. The number of carbonyl (C=O) groups is 4. The Hall–Kier alpha value is -2.69. The standard InChI is InChI=1S/C30H39NO8S/c1-15(2)23-16(3)21(17(4)32)26(35)30(37)27(36)24-25(34)22-19(13-28(24,5)14-29(23,30)6)18(10-11-20(22)33)9-8-12-31-40(7,38)39/h10-11,15,21,24,31,33,37H,8-9,12-14H2,1-7H3/t21?,24?,28-,29-,30+/m0/s1. The van der Waals surface area contributed by atoms with Crippen molar-refractivity contribution in [1.82, 2.24) is 4.72 Å². The molecule has 0 heterocycles. The highest BCUT2D eigenvalue weighted by molar-refractivity contribution is 7.88. The third-order valence-electron chi connectivity index (χ3n) is 9.39. The molecule has 40 heavy (non-hydrogen) atoms. The molecule has 1 aromatic carbocycles. The first-order valence-corrected chi connectivity index (χ1v) is 15.6. The number of allylic oxidation sites excluding steroid dienone is 1. The van der Waals surface area contributed by atoms with Gasteiger partial charge in [-0.05, 0) is 68.1 Å². The van der Waals surface area contributed by atoms with Crippen molar-refractivity contribution in [2.75, 3.05) is 12.8 Å². The van der Waals surface area contributed by atoms with Crippen molar-refractivity contribution in [1.29, 1.82) is 0 Å². The molecule has 1 aromatic rings. The van der Waals surface area contributed by atoms with Crippen LogP contribution in [-0.4, -0.2) is 60.2 Å². The van der Waals surface area contributed by atoms with Gasteiger partial charge in [0.1, 0.15) is 17.5 Å². The number of hydrogen-bond donors (Lipinski definition) is 3.